The first kappa shape index (κ1) is 91.2. The van der Waals surface area contributed by atoms with Crippen LogP contribution in [0.15, 0.2) is 168 Å². The lowest BCUT2D eigenvalue weighted by Gasteiger charge is -2.30. The van der Waals surface area contributed by atoms with Gasteiger partial charge in [-0.25, -0.2) is 38.7 Å². The number of aliphatic carboxylic acids is 1. The van der Waals surface area contributed by atoms with Crippen LogP contribution in [0.25, 0.3) is 66.3 Å². The fourth-order valence-corrected chi connectivity index (χ4v) is 19.3. The van der Waals surface area contributed by atoms with E-state index >= 15 is 0 Å². The molecule has 2 aromatic heterocycles. The number of benzene rings is 8. The Kier molecular flexibility index (Phi) is 26.6. The average molecular weight is 1790 g/mol. The van der Waals surface area contributed by atoms with Gasteiger partial charge >= 0.3 is 36.4 Å². The summed E-state index contributed by atoms with van der Waals surface area (Å²) in [5.74, 6) is 1.90. The van der Waals surface area contributed by atoms with Gasteiger partial charge in [-0.05, 0) is 209 Å². The van der Waals surface area contributed by atoms with Crippen LogP contribution in [-0.4, -0.2) is 195 Å². The number of ether oxygens (including phenoxy) is 7. The number of aromatic nitrogens is 4. The first-order valence-electron chi connectivity index (χ1n) is 45.0. The lowest BCUT2D eigenvalue weighted by Crippen LogP contribution is -2.51. The molecule has 10 aromatic rings. The number of nitrogens with zero attached hydrogens (tertiary/aromatic N) is 8. The minimum Gasteiger partial charge on any atom is -0.488 e. The molecule has 8 aliphatic rings. The summed E-state index contributed by atoms with van der Waals surface area (Å²) in [6, 6.07) is 43.4. The number of alkyl carbamates (subject to hydrolysis) is 4. The van der Waals surface area contributed by atoms with Crippen LogP contribution in [0.1, 0.15) is 170 Å². The van der Waals surface area contributed by atoms with Crippen molar-refractivity contribution in [3.63, 3.8) is 0 Å². The maximum Gasteiger partial charge on any atom is 0.410 e. The summed E-state index contributed by atoms with van der Waals surface area (Å²) < 4.78 is 37.5. The number of carboxylic acids is 1. The molecule has 0 saturated carbocycles. The van der Waals surface area contributed by atoms with Gasteiger partial charge < -0.3 is 84.2 Å². The van der Waals surface area contributed by atoms with Gasteiger partial charge in [0.1, 0.15) is 60.1 Å². The van der Waals surface area contributed by atoms with Crippen LogP contribution in [0.4, 0.5) is 35.3 Å². The number of imidazole rings is 2. The highest BCUT2D eigenvalue weighted by Crippen LogP contribution is 2.49. The molecule has 8 aliphatic heterocycles. The molecule has 4 fully saturated rings. The van der Waals surface area contributed by atoms with E-state index in [2.05, 4.69) is 135 Å². The molecular weight excluding hydrogens is 1680 g/mol. The molecule has 0 aliphatic carbocycles. The summed E-state index contributed by atoms with van der Waals surface area (Å²) >= 11 is 0. The SMILES string of the molecule is COC(=O)N[C@@H](C(=O)O)c1ccccc1.COC(=O)N[C@H](C(=O)N1CCCC1c1ncc(-c2ccc3c(c2)COc2cc4c5c(ccc4cc2-3)N=C([C@@H]2C[C@H](C)CN2C(=O)OC(C)(C)C)C5)[nH]1)C(C)C.COC(=O)N[C@H](C(=O)N1CCC[C@H]1c1ncc(-c2ccc3c(c2)COc2cc4c5c(ccc4cc2-3)N=C([C@@H]2C[C@H](C)CN2C(=O)[C@H](NC(=O)OC)c2ccccc2)C5)[nH]1)C(C)C. The lowest BCUT2D eigenvalue weighted by atomic mass is 9.90. The second kappa shape index (κ2) is 38.5. The van der Waals surface area contributed by atoms with Gasteiger partial charge in [-0.2, -0.15) is 0 Å². The average Bonchev–Trinajstić information content (AvgIpc) is 1.35. The molecule has 10 heterocycles. The van der Waals surface area contributed by atoms with Gasteiger partial charge in [0.25, 0.3) is 0 Å². The Morgan fingerprint density at radius 3 is 1.32 bits per heavy atom. The van der Waals surface area contributed by atoms with Gasteiger partial charge in [-0.1, -0.05) is 139 Å². The molecule has 8 amide bonds. The standard InChI is InChI=1S/C48H51N7O7.C43H50N6O6.C10H11NO4/c1-26(2)42(52-47(58)60-4)45(56)54-17-9-12-39(54)44-49-23-38(51-44)30-13-15-32-31(19-30)25-62-41-22-33-29(20-35(32)41)14-16-36-34(33)21-37(50-36)40-18-27(3)24-55(40)46(57)43(53-48(59)61-5)28-10-7-6-8-11-28;1-23(2)38(47-41(51)53-7)40(50)48-14-8-9-35(48)39-44-20-34(46-39)26-10-12-28-27(16-26)22-54-37-19-29-25(17-31(28)37)11-13-32-30(29)18-33(45-32)36-15-24(3)21-49(36)42(52)55-43(4,5)6;1-15-10(14)11-8(9(12)13)7-5-3-2-4-6-7/h6-8,10-11,13-16,19-20,22-23,26-27,39-40,42-43H,9,12,17-18,21,24-25H2,1-5H3,(H,49,51)(H,52,58)(H,53,59);10-13,16-17,19-20,23-24,35-36,38H,8-9,14-15,18,21-22H2,1-7H3,(H,44,46)(H,47,51);2-6,8H,1H3,(H,11,14)(H,12,13)/t27-,39-,40-,42-,43+;24-,35?,36-,38-;8-/m001/s1. The zero-order chi connectivity index (χ0) is 93.2. The highest BCUT2D eigenvalue weighted by molar-refractivity contribution is 6.08. The molecule has 4 saturated heterocycles. The summed E-state index contributed by atoms with van der Waals surface area (Å²) in [5, 5.41) is 23.7. The zero-order valence-corrected chi connectivity index (χ0v) is 76.4. The predicted molar refractivity (Wildman–Crippen MR) is 497 cm³/mol. The number of likely N-dealkylation sites (tertiary alicyclic amines) is 4. The monoisotopic (exact) mass is 1790 g/mol. The van der Waals surface area contributed by atoms with Crippen LogP contribution < -0.4 is 30.7 Å². The Morgan fingerprint density at radius 1 is 0.477 bits per heavy atom. The Morgan fingerprint density at radius 2 is 0.894 bits per heavy atom. The number of nitrogens with one attached hydrogen (secondary N) is 6. The quantitative estimate of drug-likeness (QED) is 0.0392. The van der Waals surface area contributed by atoms with Crippen molar-refractivity contribution in [1.82, 2.24) is 60.8 Å². The molecule has 31 nitrogen and oxygen atoms in total. The first-order chi connectivity index (χ1) is 63.4. The highest BCUT2D eigenvalue weighted by Gasteiger charge is 2.45. The molecule has 0 spiro atoms. The van der Waals surface area contributed by atoms with Crippen LogP contribution in [0.3, 0.4) is 0 Å². The number of amides is 8. The summed E-state index contributed by atoms with van der Waals surface area (Å²) in [5.41, 5.74) is 16.8. The third-order valence-corrected chi connectivity index (χ3v) is 25.9. The topological polar surface area (TPSA) is 382 Å². The Balaban J connectivity index is 0.000000167. The summed E-state index contributed by atoms with van der Waals surface area (Å²) in [7, 11) is 5.06. The van der Waals surface area contributed by atoms with Crippen LogP contribution in [-0.2, 0) is 68.9 Å². The number of aromatic amines is 2. The number of hydrogen-bond donors (Lipinski definition) is 7. The van der Waals surface area contributed by atoms with Crippen LogP contribution in [0.5, 0.6) is 11.5 Å². The van der Waals surface area contributed by atoms with E-state index in [4.69, 9.17) is 53.5 Å². The van der Waals surface area contributed by atoms with Gasteiger partial charge in [0.05, 0.1) is 87.8 Å². The number of hydrogen-bond acceptors (Lipinski definition) is 20. The van der Waals surface area contributed by atoms with Crippen molar-refractivity contribution in [2.24, 2.45) is 33.7 Å². The molecule has 688 valence electrons. The van der Waals surface area contributed by atoms with E-state index in [-0.39, 0.29) is 65.7 Å². The van der Waals surface area contributed by atoms with E-state index in [1.807, 2.05) is 111 Å². The van der Waals surface area contributed by atoms with Gasteiger partial charge in [-0.3, -0.25) is 29.3 Å². The van der Waals surface area contributed by atoms with E-state index in [9.17, 15) is 43.2 Å². The van der Waals surface area contributed by atoms with Crippen LogP contribution in [0, 0.1) is 23.7 Å². The number of fused-ring (bicyclic) bond motifs is 12. The molecule has 0 bridgehead atoms. The van der Waals surface area contributed by atoms with Crippen molar-refractivity contribution in [1.29, 1.82) is 0 Å². The number of carbonyl (C=O) groups excluding carboxylic acids is 8. The Bertz CT molecular complexity index is 6180. The van der Waals surface area contributed by atoms with Gasteiger partial charge in [0, 0.05) is 61.6 Å². The minimum atomic E-state index is -1.13. The number of carboxylic acid groups (broad SMARTS) is 1. The minimum absolute atomic E-state index is 0.0830. The second-order valence-corrected chi connectivity index (χ2v) is 36.7. The molecule has 0 radical (unpaired) electrons. The van der Waals surface area contributed by atoms with Crippen LogP contribution in [0.2, 0.25) is 0 Å². The van der Waals surface area contributed by atoms with Gasteiger partial charge in [-0.15, -0.1) is 0 Å². The molecular formula is C101H112N14O17. The fraction of sp³-hybridized carbons (Fsp3) is 0.396. The number of rotatable bonds is 18. The van der Waals surface area contributed by atoms with Crippen molar-refractivity contribution in [2.45, 2.75) is 181 Å². The van der Waals surface area contributed by atoms with Crippen molar-refractivity contribution in [3.8, 4) is 56.3 Å². The predicted octanol–water partition coefficient (Wildman–Crippen LogP) is 17.1. The molecule has 31 heteroatoms. The number of methoxy groups -OCH3 is 4. The first-order valence-corrected chi connectivity index (χ1v) is 45.0. The van der Waals surface area contributed by atoms with E-state index < -0.39 is 60.1 Å². The van der Waals surface area contributed by atoms with E-state index in [0.29, 0.717) is 75.1 Å². The summed E-state index contributed by atoms with van der Waals surface area (Å²) in [6.45, 7) is 20.9. The zero-order valence-electron chi connectivity index (χ0n) is 76.4. The van der Waals surface area contributed by atoms with Crippen molar-refractivity contribution >= 4 is 98.5 Å². The number of aliphatic imine (C=N–C) groups is 2. The van der Waals surface area contributed by atoms with E-state index in [1.165, 1.54) is 34.0 Å². The Hall–Kier alpha value is -14.1. The van der Waals surface area contributed by atoms with E-state index in [0.717, 1.165) is 162 Å². The third-order valence-electron chi connectivity index (χ3n) is 25.9. The van der Waals surface area contributed by atoms with Crippen molar-refractivity contribution < 1.29 is 81.4 Å². The van der Waals surface area contributed by atoms with Crippen molar-refractivity contribution in [2.75, 3.05) is 54.6 Å². The lowest BCUT2D eigenvalue weighted by molar-refractivity contribution is -0.139. The number of carbonyl (C=O) groups is 9. The second-order valence-electron chi connectivity index (χ2n) is 36.7. The van der Waals surface area contributed by atoms with Crippen LogP contribution >= 0.6 is 0 Å². The van der Waals surface area contributed by atoms with Gasteiger partial charge in [0.2, 0.25) is 17.7 Å². The smallest absolute Gasteiger partial charge is 0.410 e. The molecule has 132 heavy (non-hydrogen) atoms. The van der Waals surface area contributed by atoms with E-state index in [1.54, 1.807) is 30.3 Å². The molecule has 18 rings (SSSR count). The largest absolute Gasteiger partial charge is 0.488 e. The van der Waals surface area contributed by atoms with Gasteiger partial charge in [0.15, 0.2) is 6.04 Å². The molecule has 10 atom stereocenters. The summed E-state index contributed by atoms with van der Waals surface area (Å²) in [6.07, 6.45) is 6.86. The normalized spacial score (nSPS) is 19.3. The number of H-pyrrole nitrogens is 2. The molecule has 7 N–H and O–H groups in total. The maximum atomic E-state index is 14.3. The Labute approximate surface area is 765 Å². The third kappa shape index (κ3) is 19.1. The van der Waals surface area contributed by atoms with Crippen molar-refractivity contribution in [3.05, 3.63) is 203 Å². The molecule has 8 aromatic carbocycles. The summed E-state index contributed by atoms with van der Waals surface area (Å²) in [4.78, 5) is 147. The fourth-order valence-electron chi connectivity index (χ4n) is 19.3. The maximum absolute atomic E-state index is 14.3. The highest BCUT2D eigenvalue weighted by atomic mass is 16.6. The molecule has 1 unspecified atom stereocenters.